The molecular weight excluding hydrogens is 729 g/mol. The van der Waals surface area contributed by atoms with Crippen LogP contribution in [0.25, 0.3) is 21.5 Å². The van der Waals surface area contributed by atoms with E-state index in [4.69, 9.17) is 0 Å². The van der Waals surface area contributed by atoms with Crippen LogP contribution in [0.4, 0.5) is 0 Å². The fourth-order valence-corrected chi connectivity index (χ4v) is 8.38. The van der Waals surface area contributed by atoms with Crippen LogP contribution in [0.1, 0.15) is 153 Å². The Kier molecular flexibility index (Phi) is 22.4. The second-order valence-corrected chi connectivity index (χ2v) is 17.1. The summed E-state index contributed by atoms with van der Waals surface area (Å²) in [6, 6.07) is 19.1. The molecule has 0 amide bonds. The first-order valence-electron chi connectivity index (χ1n) is 19.9. The third kappa shape index (κ3) is 16.6. The van der Waals surface area contributed by atoms with Gasteiger partial charge in [-0.15, -0.1) is 0 Å². The molecule has 0 N–H and O–H groups in total. The van der Waals surface area contributed by atoms with Crippen molar-refractivity contribution in [3.05, 3.63) is 82.9 Å². The number of unbranched alkanes of at least 4 members (excludes halogenated alkanes) is 12. The Balaban J connectivity index is 0.000000360. The smallest absolute Gasteiger partial charge is 0.744 e. The average molecular weight is 791 g/mol. The number of rotatable bonds is 22. The van der Waals surface area contributed by atoms with Crippen LogP contribution < -0.4 is 0 Å². The zero-order valence-corrected chi connectivity index (χ0v) is 36.7. The van der Waals surface area contributed by atoms with Crippen molar-refractivity contribution in [1.29, 1.82) is 0 Å². The van der Waals surface area contributed by atoms with Crippen molar-refractivity contribution < 1.29 is 25.9 Å². The molecule has 0 radical (unpaired) electrons. The topological polar surface area (TPSA) is 114 Å². The van der Waals surface area contributed by atoms with Crippen LogP contribution in [0, 0.1) is 0 Å². The molecule has 0 fully saturated rings. The zero-order chi connectivity index (χ0) is 38.0. The number of aryl methyl sites for hydroxylation is 4. The van der Waals surface area contributed by atoms with Crippen LogP contribution in [-0.4, -0.2) is 63.7 Å². The van der Waals surface area contributed by atoms with E-state index in [2.05, 4.69) is 39.8 Å². The van der Waals surface area contributed by atoms with Gasteiger partial charge >= 0.3 is 37.7 Å². The Hall–Kier alpha value is -1.52. The standard InChI is InChI=1S/2C22H32O3S.Ca/c2*1-3-5-7-9-11-18-13-14-20-15-19(12-10-8-6-4-2)17-22(21(20)16-18)26(23,24)25;/h2*13-17H,3-12H2,1-2H3,(H,23,24,25);/q;;+2/p-2. The molecule has 0 bridgehead atoms. The number of benzene rings is 4. The SMILES string of the molecule is CCCCCCc1cc(S(=O)(=O)[O-])c2cc(CCCCCC)ccc2c1.CCCCCCc1cc(S(=O)(=O)[O-])c2cc(CCCCCC)ccc2c1.[Ca+2]. The third-order valence-corrected chi connectivity index (χ3v) is 11.6. The summed E-state index contributed by atoms with van der Waals surface area (Å²) in [7, 11) is -8.97. The van der Waals surface area contributed by atoms with Gasteiger partial charge in [0, 0.05) is 0 Å². The molecule has 9 heteroatoms. The molecule has 0 unspecified atom stereocenters. The van der Waals surface area contributed by atoms with Crippen LogP contribution in [0.15, 0.2) is 70.5 Å². The molecule has 0 saturated heterocycles. The Labute approximate surface area is 351 Å². The maximum Gasteiger partial charge on any atom is 2.00 e. The number of hydrogen-bond acceptors (Lipinski definition) is 6. The normalized spacial score (nSPS) is 11.7. The molecule has 4 aromatic carbocycles. The van der Waals surface area contributed by atoms with Gasteiger partial charge in [0.1, 0.15) is 20.2 Å². The fourth-order valence-electron chi connectivity index (χ4n) is 6.90. The van der Waals surface area contributed by atoms with E-state index in [1.54, 1.807) is 12.1 Å². The Morgan fingerprint density at radius 2 is 0.698 bits per heavy atom. The summed E-state index contributed by atoms with van der Waals surface area (Å²) < 4.78 is 71.0. The van der Waals surface area contributed by atoms with Gasteiger partial charge < -0.3 is 9.11 Å². The monoisotopic (exact) mass is 790 g/mol. The molecule has 0 heterocycles. The van der Waals surface area contributed by atoms with Crippen molar-refractivity contribution in [3.8, 4) is 0 Å². The third-order valence-electron chi connectivity index (χ3n) is 9.90. The van der Waals surface area contributed by atoms with Crippen LogP contribution in [-0.2, 0) is 45.9 Å². The Morgan fingerprint density at radius 3 is 0.981 bits per heavy atom. The Morgan fingerprint density at radius 1 is 0.396 bits per heavy atom. The van der Waals surface area contributed by atoms with Crippen LogP contribution in [0.5, 0.6) is 0 Å². The quantitative estimate of drug-likeness (QED) is 0.0445. The van der Waals surface area contributed by atoms with Crippen molar-refractivity contribution in [2.24, 2.45) is 0 Å². The van der Waals surface area contributed by atoms with E-state index in [0.717, 1.165) is 97.2 Å². The van der Waals surface area contributed by atoms with Gasteiger partial charge in [0.15, 0.2) is 0 Å². The molecule has 288 valence electrons. The van der Waals surface area contributed by atoms with Gasteiger partial charge in [-0.05, 0) is 119 Å². The summed E-state index contributed by atoms with van der Waals surface area (Å²) in [5, 5.41) is 2.85. The predicted molar refractivity (Wildman–Crippen MR) is 221 cm³/mol. The molecule has 53 heavy (non-hydrogen) atoms. The van der Waals surface area contributed by atoms with Crippen LogP contribution >= 0.6 is 0 Å². The average Bonchev–Trinajstić information content (AvgIpc) is 3.11. The summed E-state index contributed by atoms with van der Waals surface area (Å²) >= 11 is 0. The second-order valence-electron chi connectivity index (χ2n) is 14.4. The second kappa shape index (κ2) is 24.9. The van der Waals surface area contributed by atoms with E-state index in [9.17, 15) is 25.9 Å². The van der Waals surface area contributed by atoms with Crippen LogP contribution in [0.2, 0.25) is 0 Å². The van der Waals surface area contributed by atoms with E-state index in [0.29, 0.717) is 10.8 Å². The van der Waals surface area contributed by atoms with Crippen molar-refractivity contribution in [1.82, 2.24) is 0 Å². The summed E-state index contributed by atoms with van der Waals surface area (Å²) in [6.07, 6.45) is 21.8. The van der Waals surface area contributed by atoms with Gasteiger partial charge in [-0.2, -0.15) is 0 Å². The first-order chi connectivity index (χ1) is 24.9. The minimum atomic E-state index is -4.48. The Bertz CT molecular complexity index is 1770. The largest absolute Gasteiger partial charge is 2.00 e. The minimum Gasteiger partial charge on any atom is -0.744 e. The molecular formula is C44H62CaO6S2. The van der Waals surface area contributed by atoms with Crippen molar-refractivity contribution in [3.63, 3.8) is 0 Å². The fraction of sp³-hybridized carbons (Fsp3) is 0.545. The summed E-state index contributed by atoms with van der Waals surface area (Å²) in [6.45, 7) is 8.69. The van der Waals surface area contributed by atoms with Gasteiger partial charge in [0.05, 0.1) is 9.79 Å². The number of hydrogen-bond donors (Lipinski definition) is 0. The van der Waals surface area contributed by atoms with Crippen molar-refractivity contribution >= 4 is 79.5 Å². The van der Waals surface area contributed by atoms with Crippen LogP contribution in [0.3, 0.4) is 0 Å². The van der Waals surface area contributed by atoms with Crippen molar-refractivity contribution in [2.75, 3.05) is 0 Å². The molecule has 0 spiro atoms. The van der Waals surface area contributed by atoms with E-state index in [-0.39, 0.29) is 47.5 Å². The molecule has 4 rings (SSSR count). The molecule has 0 saturated carbocycles. The molecule has 0 aliphatic heterocycles. The first kappa shape index (κ1) is 47.6. The summed E-state index contributed by atoms with van der Waals surface area (Å²) in [4.78, 5) is -0.119. The van der Waals surface area contributed by atoms with Gasteiger partial charge in [0.2, 0.25) is 0 Å². The summed E-state index contributed by atoms with van der Waals surface area (Å²) in [5.74, 6) is 0. The predicted octanol–water partition coefficient (Wildman–Crippen LogP) is 11.6. The first-order valence-corrected chi connectivity index (χ1v) is 22.8. The number of fused-ring (bicyclic) bond motifs is 2. The van der Waals surface area contributed by atoms with E-state index in [1.165, 1.54) is 64.2 Å². The zero-order valence-electron chi connectivity index (χ0n) is 32.9. The maximum absolute atomic E-state index is 11.8. The molecule has 0 atom stereocenters. The van der Waals surface area contributed by atoms with E-state index >= 15 is 0 Å². The summed E-state index contributed by atoms with van der Waals surface area (Å²) in [5.41, 5.74) is 4.10. The van der Waals surface area contributed by atoms with Gasteiger partial charge in [-0.3, -0.25) is 0 Å². The van der Waals surface area contributed by atoms with E-state index < -0.39 is 20.2 Å². The van der Waals surface area contributed by atoms with Gasteiger partial charge in [0.25, 0.3) is 0 Å². The van der Waals surface area contributed by atoms with Crippen molar-refractivity contribution in [2.45, 2.75) is 166 Å². The van der Waals surface area contributed by atoms with E-state index in [1.807, 2.05) is 36.4 Å². The minimum absolute atomic E-state index is 0. The molecule has 0 aliphatic rings. The molecule has 6 nitrogen and oxygen atoms in total. The molecule has 0 aromatic heterocycles. The maximum atomic E-state index is 11.8. The molecule has 4 aromatic rings. The van der Waals surface area contributed by atoms with Gasteiger partial charge in [-0.1, -0.05) is 141 Å². The molecule has 0 aliphatic carbocycles. The van der Waals surface area contributed by atoms with Gasteiger partial charge in [-0.25, -0.2) is 16.8 Å².